The molecule has 5 heterocycles. The number of hydrogen-bond donors (Lipinski definition) is 0. The van der Waals surface area contributed by atoms with Gasteiger partial charge in [-0.25, -0.2) is 4.98 Å². The first-order valence-electron chi connectivity index (χ1n) is 19.7. The molecule has 0 amide bonds. The third-order valence-corrected chi connectivity index (χ3v) is 12.9. The quantitative estimate of drug-likeness (QED) is 0.188. The van der Waals surface area contributed by atoms with Crippen LogP contribution in [-0.4, -0.2) is 31.2 Å². The maximum Gasteiger partial charge on any atom is 0.0709 e. The maximum absolute atomic E-state index is 4.95. The molecular formula is C49H57N3. The molecule has 0 unspecified atom stereocenters. The molecule has 0 atom stereocenters. The number of anilines is 2. The highest BCUT2D eigenvalue weighted by atomic mass is 15.2. The van der Waals surface area contributed by atoms with Gasteiger partial charge in [-0.3, -0.25) is 0 Å². The third kappa shape index (κ3) is 6.35. The Hall–Kier alpha value is -4.37. The van der Waals surface area contributed by atoms with Gasteiger partial charge in [0.1, 0.15) is 0 Å². The average Bonchev–Trinajstić information content (AvgIpc) is 3.10. The van der Waals surface area contributed by atoms with E-state index >= 15 is 0 Å². The van der Waals surface area contributed by atoms with Crippen LogP contribution in [0.3, 0.4) is 0 Å². The number of aromatic nitrogens is 1. The largest absolute Gasteiger partial charge is 0.371 e. The predicted molar refractivity (Wildman–Crippen MR) is 226 cm³/mol. The van der Waals surface area contributed by atoms with E-state index in [1.54, 1.807) is 0 Å². The van der Waals surface area contributed by atoms with E-state index in [1.807, 2.05) is 0 Å². The lowest BCUT2D eigenvalue weighted by molar-refractivity contribution is 0.401. The van der Waals surface area contributed by atoms with Crippen molar-refractivity contribution in [3.63, 3.8) is 0 Å². The lowest BCUT2D eigenvalue weighted by atomic mass is 9.69. The number of allylic oxidation sites excluding steroid dienone is 4. The third-order valence-electron chi connectivity index (χ3n) is 12.9. The molecule has 8 rings (SSSR count). The Kier molecular flexibility index (Phi) is 8.44. The molecule has 268 valence electrons. The van der Waals surface area contributed by atoms with Gasteiger partial charge in [-0.15, -0.1) is 0 Å². The van der Waals surface area contributed by atoms with Crippen LogP contribution in [0.1, 0.15) is 126 Å². The molecule has 0 N–H and O–H groups in total. The standard InChI is InChI=1S/C49H57N3/c1-46(2)21-25-51-26-22-47(3,4)40-31-35(30-39(46)44(40)51)14-10-9-13-34-17-20-43-37(29-34)18-19-38(50-43)16-12-11-15-36-32-41-45-42(33-36)49(7,8)24-28-52(45)27-23-48(41,5)6/h9-20,29-33H,21-28H2,1-8H3/b13-9+,14-10+,15-11+,16-12+. The highest BCUT2D eigenvalue weighted by Crippen LogP contribution is 2.51. The van der Waals surface area contributed by atoms with Crippen molar-refractivity contribution in [2.45, 2.75) is 103 Å². The highest BCUT2D eigenvalue weighted by Gasteiger charge is 2.41. The van der Waals surface area contributed by atoms with Gasteiger partial charge >= 0.3 is 0 Å². The fourth-order valence-corrected chi connectivity index (χ4v) is 9.13. The van der Waals surface area contributed by atoms with Crippen molar-refractivity contribution >= 4 is 46.6 Å². The first kappa shape index (κ1) is 34.7. The Labute approximate surface area is 312 Å². The molecule has 0 spiro atoms. The number of pyridine rings is 1. The van der Waals surface area contributed by atoms with Gasteiger partial charge in [0.25, 0.3) is 0 Å². The van der Waals surface area contributed by atoms with E-state index in [0.29, 0.717) is 0 Å². The second kappa shape index (κ2) is 12.6. The molecule has 4 aromatic rings. The number of nitrogens with zero attached hydrogens (tertiary/aromatic N) is 3. The molecule has 52 heavy (non-hydrogen) atoms. The number of hydrogen-bond acceptors (Lipinski definition) is 3. The highest BCUT2D eigenvalue weighted by molar-refractivity contribution is 5.83. The molecule has 1 aromatic heterocycles. The summed E-state index contributed by atoms with van der Waals surface area (Å²) in [5, 5.41) is 1.16. The molecule has 0 aliphatic carbocycles. The Morgan fingerprint density at radius 1 is 0.462 bits per heavy atom. The molecule has 4 aliphatic rings. The minimum Gasteiger partial charge on any atom is -0.371 e. The second-order valence-corrected chi connectivity index (χ2v) is 18.6. The molecule has 0 saturated heterocycles. The van der Waals surface area contributed by atoms with Gasteiger partial charge in [0.15, 0.2) is 0 Å². The van der Waals surface area contributed by atoms with E-state index in [1.165, 1.54) is 102 Å². The van der Waals surface area contributed by atoms with Crippen molar-refractivity contribution in [3.8, 4) is 0 Å². The zero-order chi connectivity index (χ0) is 36.5. The summed E-state index contributed by atoms with van der Waals surface area (Å²) in [5.41, 5.74) is 15.7. The minimum absolute atomic E-state index is 0.199. The Morgan fingerprint density at radius 2 is 0.865 bits per heavy atom. The lowest BCUT2D eigenvalue weighted by Crippen LogP contribution is -2.44. The summed E-state index contributed by atoms with van der Waals surface area (Å²) in [4.78, 5) is 10.2. The van der Waals surface area contributed by atoms with Gasteiger partial charge in [0.2, 0.25) is 0 Å². The van der Waals surface area contributed by atoms with Crippen LogP contribution in [0.15, 0.2) is 78.9 Å². The van der Waals surface area contributed by atoms with Crippen molar-refractivity contribution in [2.24, 2.45) is 0 Å². The van der Waals surface area contributed by atoms with E-state index in [-0.39, 0.29) is 21.7 Å². The van der Waals surface area contributed by atoms with E-state index < -0.39 is 0 Å². The summed E-state index contributed by atoms with van der Waals surface area (Å²) in [5.74, 6) is 0. The molecule has 0 fully saturated rings. The normalized spacial score (nSPS) is 21.1. The number of rotatable bonds is 6. The van der Waals surface area contributed by atoms with Crippen LogP contribution in [-0.2, 0) is 21.7 Å². The first-order valence-corrected chi connectivity index (χ1v) is 19.7. The lowest BCUT2D eigenvalue weighted by Gasteiger charge is -2.48. The van der Waals surface area contributed by atoms with Crippen LogP contribution in [0.25, 0.3) is 35.2 Å². The zero-order valence-electron chi connectivity index (χ0n) is 32.8. The topological polar surface area (TPSA) is 19.4 Å². The smallest absolute Gasteiger partial charge is 0.0709 e. The van der Waals surface area contributed by atoms with Gasteiger partial charge in [0, 0.05) is 42.9 Å². The van der Waals surface area contributed by atoms with E-state index in [4.69, 9.17) is 4.98 Å². The Balaban J connectivity index is 0.965. The fourth-order valence-electron chi connectivity index (χ4n) is 9.13. The molecule has 3 nitrogen and oxygen atoms in total. The van der Waals surface area contributed by atoms with Crippen LogP contribution in [0.2, 0.25) is 0 Å². The zero-order valence-corrected chi connectivity index (χ0v) is 32.8. The second-order valence-electron chi connectivity index (χ2n) is 18.6. The molecule has 3 heteroatoms. The molecule has 0 bridgehead atoms. The number of benzene rings is 3. The van der Waals surface area contributed by atoms with Gasteiger partial charge in [-0.05, 0) is 135 Å². The summed E-state index contributed by atoms with van der Waals surface area (Å²) >= 11 is 0. The van der Waals surface area contributed by atoms with E-state index in [0.717, 1.165) is 16.6 Å². The van der Waals surface area contributed by atoms with Crippen molar-refractivity contribution < 1.29 is 0 Å². The van der Waals surface area contributed by atoms with Crippen LogP contribution in [0.4, 0.5) is 11.4 Å². The average molecular weight is 688 g/mol. The Bertz CT molecular complexity index is 1930. The van der Waals surface area contributed by atoms with Crippen molar-refractivity contribution in [1.29, 1.82) is 0 Å². The minimum atomic E-state index is 0.199. The molecule has 3 aromatic carbocycles. The van der Waals surface area contributed by atoms with Gasteiger partial charge < -0.3 is 9.80 Å². The molecule has 0 saturated carbocycles. The van der Waals surface area contributed by atoms with Crippen LogP contribution in [0.5, 0.6) is 0 Å². The van der Waals surface area contributed by atoms with Crippen LogP contribution in [0, 0.1) is 0 Å². The fraction of sp³-hybridized carbons (Fsp3) is 0.408. The van der Waals surface area contributed by atoms with Crippen molar-refractivity contribution in [3.05, 3.63) is 124 Å². The summed E-state index contributed by atoms with van der Waals surface area (Å²) in [6.07, 6.45) is 22.4. The van der Waals surface area contributed by atoms with Crippen molar-refractivity contribution in [1.82, 2.24) is 4.98 Å². The molecular weight excluding hydrogens is 631 g/mol. The molecule has 0 radical (unpaired) electrons. The summed E-state index contributed by atoms with van der Waals surface area (Å²) < 4.78 is 0. The monoisotopic (exact) mass is 687 g/mol. The van der Waals surface area contributed by atoms with Gasteiger partial charge in [-0.1, -0.05) is 110 Å². The van der Waals surface area contributed by atoms with Gasteiger partial charge in [0.05, 0.1) is 11.2 Å². The van der Waals surface area contributed by atoms with Crippen LogP contribution >= 0.6 is 0 Å². The summed E-state index contributed by atoms with van der Waals surface area (Å²) in [6.45, 7) is 24.0. The Morgan fingerprint density at radius 3 is 1.31 bits per heavy atom. The van der Waals surface area contributed by atoms with E-state index in [2.05, 4.69) is 168 Å². The first-order chi connectivity index (χ1) is 24.7. The van der Waals surface area contributed by atoms with Crippen LogP contribution < -0.4 is 9.80 Å². The predicted octanol–water partition coefficient (Wildman–Crippen LogP) is 12.0. The van der Waals surface area contributed by atoms with Crippen molar-refractivity contribution in [2.75, 3.05) is 36.0 Å². The molecule has 4 aliphatic heterocycles. The summed E-state index contributed by atoms with van der Waals surface area (Å²) in [7, 11) is 0. The number of fused-ring (bicyclic) bond motifs is 1. The van der Waals surface area contributed by atoms with E-state index in [9.17, 15) is 0 Å². The van der Waals surface area contributed by atoms with Gasteiger partial charge in [-0.2, -0.15) is 0 Å². The summed E-state index contributed by atoms with van der Waals surface area (Å²) in [6, 6.07) is 20.6. The SMILES string of the molecule is CC1(C)CCN2CCC(C)(C)c3cc(/C=C/C=C/c4ccc5nc(/C=C/C=C/c6cc7c8c(c6)C(C)(C)CCN8CCC7(C)C)ccc5c4)cc1c32. The maximum atomic E-state index is 4.95.